The van der Waals surface area contributed by atoms with Gasteiger partial charge in [-0.3, -0.25) is 4.79 Å². The Kier molecular flexibility index (Phi) is 5.23. The van der Waals surface area contributed by atoms with Gasteiger partial charge < -0.3 is 9.47 Å². The Morgan fingerprint density at radius 1 is 1.04 bits per heavy atom. The maximum atomic E-state index is 13.8. The first kappa shape index (κ1) is 19.6. The van der Waals surface area contributed by atoms with Gasteiger partial charge in [-0.1, -0.05) is 0 Å². The fourth-order valence-corrected chi connectivity index (χ4v) is 2.80. The van der Waals surface area contributed by atoms with Gasteiger partial charge in [0.05, 0.1) is 11.2 Å². The molecule has 5 nitrogen and oxygen atoms in total. The van der Waals surface area contributed by atoms with E-state index in [1.807, 2.05) is 0 Å². The molecule has 0 spiro atoms. The zero-order valence-electron chi connectivity index (χ0n) is 16.3. The summed E-state index contributed by atoms with van der Waals surface area (Å²) < 4.78 is 26.3. The Morgan fingerprint density at radius 2 is 1.71 bits per heavy atom. The van der Waals surface area contributed by atoms with Crippen LogP contribution >= 0.6 is 0 Å². The van der Waals surface area contributed by atoms with Gasteiger partial charge in [-0.25, -0.2) is 13.8 Å². The molecule has 6 heteroatoms. The number of hydrogen-bond donors (Lipinski definition) is 0. The average Bonchev–Trinajstić information content (AvgIpc) is 2.96. The van der Waals surface area contributed by atoms with Crippen molar-refractivity contribution >= 4 is 22.8 Å². The van der Waals surface area contributed by atoms with Crippen LogP contribution in [-0.4, -0.2) is 22.0 Å². The molecular formula is C22H22FNO4. The molecule has 1 aromatic heterocycles. The fourth-order valence-electron chi connectivity index (χ4n) is 2.80. The van der Waals surface area contributed by atoms with Crippen LogP contribution in [0, 0.1) is 5.82 Å². The first-order valence-electron chi connectivity index (χ1n) is 8.91. The van der Waals surface area contributed by atoms with Crippen molar-refractivity contribution in [2.75, 3.05) is 0 Å². The minimum Gasteiger partial charge on any atom is -0.487 e. The first-order valence-corrected chi connectivity index (χ1v) is 8.91. The summed E-state index contributed by atoms with van der Waals surface area (Å²) in [5.41, 5.74) is 0.845. The molecule has 0 saturated carbocycles. The van der Waals surface area contributed by atoms with Crippen LogP contribution < -0.4 is 4.74 Å². The van der Waals surface area contributed by atoms with E-state index in [-0.39, 0.29) is 12.4 Å². The maximum Gasteiger partial charge on any atom is 0.419 e. The number of Topliss-reactive ketones (excluding diaryl/α,β-unsaturated/α-hetero) is 1. The van der Waals surface area contributed by atoms with Crippen LogP contribution in [0.3, 0.4) is 0 Å². The smallest absolute Gasteiger partial charge is 0.419 e. The molecule has 146 valence electrons. The molecular weight excluding hydrogens is 361 g/mol. The highest BCUT2D eigenvalue weighted by Crippen LogP contribution is 2.24. The lowest BCUT2D eigenvalue weighted by molar-refractivity contribution is 0.0535. The van der Waals surface area contributed by atoms with Crippen LogP contribution in [0.2, 0.25) is 0 Å². The van der Waals surface area contributed by atoms with Crippen molar-refractivity contribution in [2.24, 2.45) is 0 Å². The van der Waals surface area contributed by atoms with Crippen LogP contribution in [0.15, 0.2) is 48.5 Å². The summed E-state index contributed by atoms with van der Waals surface area (Å²) in [6.45, 7) is 6.88. The predicted octanol–water partition coefficient (Wildman–Crippen LogP) is 5.35. The Bertz CT molecular complexity index is 1030. The Hall–Kier alpha value is -3.15. The fraction of sp³-hybridized carbons (Fsp3) is 0.273. The second kappa shape index (κ2) is 7.46. The lowest BCUT2D eigenvalue weighted by Gasteiger charge is -2.21. The lowest BCUT2D eigenvalue weighted by Crippen LogP contribution is -2.28. The monoisotopic (exact) mass is 383 g/mol. The van der Waals surface area contributed by atoms with Crippen molar-refractivity contribution in [3.8, 4) is 5.75 Å². The third-order valence-electron chi connectivity index (χ3n) is 4.07. The highest BCUT2D eigenvalue weighted by Gasteiger charge is 2.22. The molecule has 0 aliphatic rings. The molecule has 0 N–H and O–H groups in total. The van der Waals surface area contributed by atoms with Gasteiger partial charge >= 0.3 is 6.09 Å². The van der Waals surface area contributed by atoms with Gasteiger partial charge in [0, 0.05) is 10.9 Å². The third kappa shape index (κ3) is 4.39. The van der Waals surface area contributed by atoms with Crippen LogP contribution in [0.25, 0.3) is 10.9 Å². The predicted molar refractivity (Wildman–Crippen MR) is 104 cm³/mol. The van der Waals surface area contributed by atoms with E-state index in [0.717, 1.165) is 0 Å². The summed E-state index contributed by atoms with van der Waals surface area (Å²) >= 11 is 0. The molecule has 0 radical (unpaired) electrons. The molecule has 0 fully saturated rings. The highest BCUT2D eigenvalue weighted by molar-refractivity contribution is 5.94. The van der Waals surface area contributed by atoms with Crippen molar-refractivity contribution in [2.45, 2.75) is 39.9 Å². The molecule has 0 atom stereocenters. The van der Waals surface area contributed by atoms with Gasteiger partial charge in [-0.2, -0.15) is 0 Å². The number of benzene rings is 2. The lowest BCUT2D eigenvalue weighted by atomic mass is 10.1. The Balaban J connectivity index is 1.92. The van der Waals surface area contributed by atoms with Gasteiger partial charge in [0.1, 0.15) is 23.8 Å². The topological polar surface area (TPSA) is 57.5 Å². The van der Waals surface area contributed by atoms with Crippen LogP contribution in [0.1, 0.15) is 43.7 Å². The number of aromatic nitrogens is 1. The van der Waals surface area contributed by atoms with E-state index >= 15 is 0 Å². The van der Waals surface area contributed by atoms with Crippen molar-refractivity contribution in [1.29, 1.82) is 0 Å². The van der Waals surface area contributed by atoms with Gasteiger partial charge in [0.2, 0.25) is 0 Å². The number of hydrogen-bond acceptors (Lipinski definition) is 4. The maximum absolute atomic E-state index is 13.8. The number of ether oxygens (including phenoxy) is 2. The number of carbonyl (C=O) groups excluding carboxylic acids is 2. The van der Waals surface area contributed by atoms with Gasteiger partial charge in [-0.05, 0) is 76.2 Å². The van der Waals surface area contributed by atoms with Gasteiger partial charge in [0.25, 0.3) is 0 Å². The number of fused-ring (bicyclic) bond motifs is 1. The molecule has 0 saturated heterocycles. The molecule has 3 aromatic rings. The molecule has 0 bridgehead atoms. The van der Waals surface area contributed by atoms with E-state index < -0.39 is 17.5 Å². The van der Waals surface area contributed by atoms with Gasteiger partial charge in [0.15, 0.2) is 5.78 Å². The standard InChI is InChI=1S/C22H22FNO4/c1-14(25)15-6-9-19(10-7-15)27-13-18-11-16-5-8-17(23)12-20(16)24(18)21(26)28-22(2,3)4/h5-12H,13H2,1-4H3. The number of ketones is 1. The number of halogens is 1. The zero-order valence-corrected chi connectivity index (χ0v) is 16.3. The molecule has 0 amide bonds. The zero-order chi connectivity index (χ0) is 20.5. The first-order chi connectivity index (χ1) is 13.1. The average molecular weight is 383 g/mol. The normalized spacial score (nSPS) is 11.5. The summed E-state index contributed by atoms with van der Waals surface area (Å²) in [5, 5.41) is 0.706. The van der Waals surface area contributed by atoms with E-state index in [0.29, 0.717) is 27.9 Å². The van der Waals surface area contributed by atoms with Gasteiger partial charge in [-0.15, -0.1) is 0 Å². The molecule has 3 rings (SSSR count). The molecule has 0 aliphatic carbocycles. The Labute approximate surface area is 162 Å². The summed E-state index contributed by atoms with van der Waals surface area (Å²) in [6.07, 6.45) is -0.598. The molecule has 28 heavy (non-hydrogen) atoms. The van der Waals surface area contributed by atoms with E-state index in [2.05, 4.69) is 0 Å². The van der Waals surface area contributed by atoms with E-state index in [1.54, 1.807) is 57.2 Å². The van der Waals surface area contributed by atoms with Crippen molar-refractivity contribution in [3.05, 3.63) is 65.6 Å². The summed E-state index contributed by atoms with van der Waals surface area (Å²) in [4.78, 5) is 24.1. The second-order valence-electron chi connectivity index (χ2n) is 7.52. The van der Waals surface area contributed by atoms with Crippen molar-refractivity contribution < 1.29 is 23.5 Å². The molecule has 2 aromatic carbocycles. The minimum atomic E-state index is -0.693. The summed E-state index contributed by atoms with van der Waals surface area (Å²) in [7, 11) is 0. The van der Waals surface area contributed by atoms with E-state index in [1.165, 1.54) is 23.6 Å². The van der Waals surface area contributed by atoms with Crippen molar-refractivity contribution in [3.63, 3.8) is 0 Å². The van der Waals surface area contributed by atoms with E-state index in [4.69, 9.17) is 9.47 Å². The molecule has 0 unspecified atom stereocenters. The number of rotatable bonds is 4. The highest BCUT2D eigenvalue weighted by atomic mass is 19.1. The number of carbonyl (C=O) groups is 2. The summed E-state index contributed by atoms with van der Waals surface area (Å²) in [5.74, 6) is 0.0819. The summed E-state index contributed by atoms with van der Waals surface area (Å²) in [6, 6.07) is 12.7. The quantitative estimate of drug-likeness (QED) is 0.570. The number of nitrogens with zero attached hydrogens (tertiary/aromatic N) is 1. The second-order valence-corrected chi connectivity index (χ2v) is 7.52. The molecule has 0 aliphatic heterocycles. The van der Waals surface area contributed by atoms with E-state index in [9.17, 15) is 14.0 Å². The SMILES string of the molecule is CC(=O)c1ccc(OCc2cc3ccc(F)cc3n2C(=O)OC(C)(C)C)cc1. The minimum absolute atomic E-state index is 0.0290. The third-order valence-corrected chi connectivity index (χ3v) is 4.07. The van der Waals surface area contributed by atoms with Crippen LogP contribution in [-0.2, 0) is 11.3 Å². The van der Waals surface area contributed by atoms with Crippen molar-refractivity contribution in [1.82, 2.24) is 4.57 Å². The molecule has 1 heterocycles. The Morgan fingerprint density at radius 3 is 2.32 bits per heavy atom. The van der Waals surface area contributed by atoms with Crippen LogP contribution in [0.4, 0.5) is 9.18 Å². The van der Waals surface area contributed by atoms with Crippen LogP contribution in [0.5, 0.6) is 5.75 Å². The largest absolute Gasteiger partial charge is 0.487 e.